The van der Waals surface area contributed by atoms with Crippen molar-refractivity contribution in [2.75, 3.05) is 13.1 Å². The van der Waals surface area contributed by atoms with E-state index in [2.05, 4.69) is 77.8 Å². The number of benzene rings is 2. The van der Waals surface area contributed by atoms with E-state index in [9.17, 15) is 0 Å². The minimum atomic E-state index is 0. The van der Waals surface area contributed by atoms with E-state index in [1.54, 1.807) is 0 Å². The first-order chi connectivity index (χ1) is 13.6. The molecule has 1 aliphatic carbocycles. The molecule has 0 spiro atoms. The molecule has 0 unspecified atom stereocenters. The highest BCUT2D eigenvalue weighted by molar-refractivity contribution is 14.0. The van der Waals surface area contributed by atoms with Crippen molar-refractivity contribution in [2.24, 2.45) is 10.7 Å². The molecule has 3 N–H and O–H groups in total. The Labute approximate surface area is 192 Å². The van der Waals surface area contributed by atoms with Gasteiger partial charge in [-0.3, -0.25) is 9.89 Å². The number of aliphatic imine (C=N–C) groups is 1. The fourth-order valence-electron chi connectivity index (χ4n) is 4.70. The Balaban J connectivity index is 0.00000240. The van der Waals surface area contributed by atoms with E-state index in [1.807, 2.05) is 0 Å². The fourth-order valence-corrected chi connectivity index (χ4v) is 4.70. The van der Waals surface area contributed by atoms with Crippen LogP contribution in [0.3, 0.4) is 0 Å². The SMILES string of the molecule is CC1(c2ccccc2)CC(NC(N)=NC2CCN(Cc3ccccc3)CC2)C1.I. The molecule has 2 aromatic rings. The van der Waals surface area contributed by atoms with Crippen LogP contribution in [0.5, 0.6) is 0 Å². The maximum atomic E-state index is 6.23. The highest BCUT2D eigenvalue weighted by atomic mass is 127. The molecule has 0 aromatic heterocycles. The Morgan fingerprint density at radius 1 is 1.03 bits per heavy atom. The zero-order chi connectivity index (χ0) is 19.4. The topological polar surface area (TPSA) is 53.6 Å². The summed E-state index contributed by atoms with van der Waals surface area (Å²) in [5, 5.41) is 3.45. The molecule has 0 bridgehead atoms. The van der Waals surface area contributed by atoms with Crippen molar-refractivity contribution in [3.05, 3.63) is 71.8 Å². The van der Waals surface area contributed by atoms with Gasteiger partial charge in [0.05, 0.1) is 6.04 Å². The number of rotatable bonds is 5. The molecule has 2 aliphatic rings. The molecule has 29 heavy (non-hydrogen) atoms. The van der Waals surface area contributed by atoms with Gasteiger partial charge in [-0.25, -0.2) is 0 Å². The van der Waals surface area contributed by atoms with Gasteiger partial charge in [-0.15, -0.1) is 24.0 Å². The van der Waals surface area contributed by atoms with E-state index in [0.29, 0.717) is 18.0 Å². The maximum Gasteiger partial charge on any atom is 0.189 e. The Hall–Kier alpha value is -1.60. The third-order valence-corrected chi connectivity index (χ3v) is 6.34. The van der Waals surface area contributed by atoms with Crippen LogP contribution in [0, 0.1) is 0 Å². The first-order valence-electron chi connectivity index (χ1n) is 10.5. The fraction of sp³-hybridized carbons (Fsp3) is 0.458. The number of likely N-dealkylation sites (tertiary alicyclic amines) is 1. The normalized spacial score (nSPS) is 25.7. The lowest BCUT2D eigenvalue weighted by molar-refractivity contribution is 0.202. The summed E-state index contributed by atoms with van der Waals surface area (Å²) in [6.07, 6.45) is 4.40. The van der Waals surface area contributed by atoms with Crippen LogP contribution in [0.15, 0.2) is 65.7 Å². The number of piperidine rings is 1. The molecule has 4 nitrogen and oxygen atoms in total. The van der Waals surface area contributed by atoms with E-state index in [4.69, 9.17) is 10.7 Å². The lowest BCUT2D eigenvalue weighted by Gasteiger charge is -2.46. The molecule has 1 heterocycles. The third-order valence-electron chi connectivity index (χ3n) is 6.34. The molecule has 2 aromatic carbocycles. The van der Waals surface area contributed by atoms with Gasteiger partial charge < -0.3 is 11.1 Å². The Kier molecular flexibility index (Phi) is 7.57. The summed E-state index contributed by atoms with van der Waals surface area (Å²) >= 11 is 0. The highest BCUT2D eigenvalue weighted by Crippen LogP contribution is 2.43. The maximum absolute atomic E-state index is 6.23. The number of guanidine groups is 1. The first kappa shape index (κ1) is 22.1. The standard InChI is InChI=1S/C24H32N4.HI/c1-24(20-10-6-3-7-11-20)16-22(17-24)27-23(25)26-21-12-14-28(15-13-21)18-19-8-4-2-5-9-19;/h2-11,21-22H,12-18H2,1H3,(H3,25,26,27);1H. The Bertz CT molecular complexity index is 779. The third kappa shape index (κ3) is 5.72. The van der Waals surface area contributed by atoms with Crippen LogP contribution in [-0.4, -0.2) is 36.0 Å². The predicted octanol–water partition coefficient (Wildman–Crippen LogP) is 4.29. The Morgan fingerprint density at radius 3 is 2.24 bits per heavy atom. The van der Waals surface area contributed by atoms with Crippen molar-refractivity contribution >= 4 is 29.9 Å². The van der Waals surface area contributed by atoms with Gasteiger partial charge in [0, 0.05) is 25.7 Å². The van der Waals surface area contributed by atoms with E-state index in [0.717, 1.165) is 45.3 Å². The summed E-state index contributed by atoms with van der Waals surface area (Å²) in [5.41, 5.74) is 9.30. The largest absolute Gasteiger partial charge is 0.370 e. The second kappa shape index (κ2) is 9.94. The summed E-state index contributed by atoms with van der Waals surface area (Å²) in [5.74, 6) is 0.627. The number of nitrogens with two attached hydrogens (primary N) is 1. The van der Waals surface area contributed by atoms with Crippen LogP contribution in [-0.2, 0) is 12.0 Å². The van der Waals surface area contributed by atoms with Gasteiger partial charge in [0.1, 0.15) is 0 Å². The van der Waals surface area contributed by atoms with Gasteiger partial charge in [0.25, 0.3) is 0 Å². The van der Waals surface area contributed by atoms with Crippen molar-refractivity contribution in [2.45, 2.75) is 56.7 Å². The minimum Gasteiger partial charge on any atom is -0.370 e. The van der Waals surface area contributed by atoms with Gasteiger partial charge in [0.15, 0.2) is 5.96 Å². The molecule has 0 atom stereocenters. The van der Waals surface area contributed by atoms with E-state index in [1.165, 1.54) is 11.1 Å². The van der Waals surface area contributed by atoms with Gasteiger partial charge in [0.2, 0.25) is 0 Å². The summed E-state index contributed by atoms with van der Waals surface area (Å²) < 4.78 is 0. The summed E-state index contributed by atoms with van der Waals surface area (Å²) in [6.45, 7) is 5.55. The summed E-state index contributed by atoms with van der Waals surface area (Å²) in [4.78, 5) is 7.29. The molecular weight excluding hydrogens is 471 g/mol. The van der Waals surface area contributed by atoms with E-state index >= 15 is 0 Å². The molecule has 1 saturated carbocycles. The van der Waals surface area contributed by atoms with Gasteiger partial charge in [-0.2, -0.15) is 0 Å². The summed E-state index contributed by atoms with van der Waals surface area (Å²) in [6, 6.07) is 22.3. The van der Waals surface area contributed by atoms with Crippen molar-refractivity contribution in [1.29, 1.82) is 0 Å². The molecule has 4 rings (SSSR count). The monoisotopic (exact) mass is 504 g/mol. The second-order valence-electron chi connectivity index (χ2n) is 8.68. The number of nitrogens with zero attached hydrogens (tertiary/aromatic N) is 2. The van der Waals surface area contributed by atoms with Crippen LogP contribution >= 0.6 is 24.0 Å². The molecular formula is C24H33IN4. The average Bonchev–Trinajstić information content (AvgIpc) is 2.70. The average molecular weight is 504 g/mol. The van der Waals surface area contributed by atoms with Crippen LogP contribution in [0.4, 0.5) is 0 Å². The number of halogens is 1. The second-order valence-corrected chi connectivity index (χ2v) is 8.68. The zero-order valence-corrected chi connectivity index (χ0v) is 19.6. The first-order valence-corrected chi connectivity index (χ1v) is 10.5. The van der Waals surface area contributed by atoms with Crippen molar-refractivity contribution in [3.8, 4) is 0 Å². The molecule has 0 amide bonds. The smallest absolute Gasteiger partial charge is 0.189 e. The lowest BCUT2D eigenvalue weighted by atomic mass is 9.63. The van der Waals surface area contributed by atoms with Gasteiger partial charge in [-0.05, 0) is 42.2 Å². The van der Waals surface area contributed by atoms with Crippen LogP contribution in [0.25, 0.3) is 0 Å². The number of hydrogen-bond donors (Lipinski definition) is 2. The quantitative estimate of drug-likeness (QED) is 0.363. The van der Waals surface area contributed by atoms with Gasteiger partial charge in [-0.1, -0.05) is 67.6 Å². The van der Waals surface area contributed by atoms with Gasteiger partial charge >= 0.3 is 0 Å². The van der Waals surface area contributed by atoms with E-state index < -0.39 is 0 Å². The molecule has 0 radical (unpaired) electrons. The lowest BCUT2D eigenvalue weighted by Crippen LogP contribution is -2.53. The number of hydrogen-bond acceptors (Lipinski definition) is 2. The van der Waals surface area contributed by atoms with Crippen molar-refractivity contribution in [3.63, 3.8) is 0 Å². The molecule has 156 valence electrons. The number of nitrogens with one attached hydrogen (secondary N) is 1. The van der Waals surface area contributed by atoms with Crippen molar-refractivity contribution in [1.82, 2.24) is 10.2 Å². The molecule has 1 saturated heterocycles. The molecule has 2 fully saturated rings. The highest BCUT2D eigenvalue weighted by Gasteiger charge is 2.41. The molecule has 5 heteroatoms. The minimum absolute atomic E-state index is 0. The van der Waals surface area contributed by atoms with Crippen LogP contribution in [0.1, 0.15) is 43.7 Å². The zero-order valence-electron chi connectivity index (χ0n) is 17.3. The van der Waals surface area contributed by atoms with Crippen LogP contribution in [0.2, 0.25) is 0 Å². The van der Waals surface area contributed by atoms with Crippen molar-refractivity contribution < 1.29 is 0 Å². The summed E-state index contributed by atoms with van der Waals surface area (Å²) in [7, 11) is 0. The predicted molar refractivity (Wildman–Crippen MR) is 132 cm³/mol. The molecule has 1 aliphatic heterocycles. The van der Waals surface area contributed by atoms with E-state index in [-0.39, 0.29) is 29.4 Å². The van der Waals surface area contributed by atoms with Crippen LogP contribution < -0.4 is 11.1 Å². The Morgan fingerprint density at radius 2 is 1.62 bits per heavy atom.